The third-order valence-corrected chi connectivity index (χ3v) is 7.93. The third kappa shape index (κ3) is 6.25. The van der Waals surface area contributed by atoms with Crippen LogP contribution in [0, 0.1) is 0 Å². The van der Waals surface area contributed by atoms with Crippen molar-refractivity contribution in [1.29, 1.82) is 0 Å². The summed E-state index contributed by atoms with van der Waals surface area (Å²) in [5.41, 5.74) is -1.22. The van der Waals surface area contributed by atoms with Gasteiger partial charge < -0.3 is 13.7 Å². The molecule has 4 aromatic rings. The Labute approximate surface area is 239 Å². The number of phosphoric ester groups is 1. The van der Waals surface area contributed by atoms with E-state index in [9.17, 15) is 17.7 Å². The van der Waals surface area contributed by atoms with E-state index in [0.29, 0.717) is 5.56 Å². The molecule has 1 unspecified atom stereocenters. The summed E-state index contributed by atoms with van der Waals surface area (Å²) in [6, 6.07) is 3.66. The van der Waals surface area contributed by atoms with Gasteiger partial charge in [-0.1, -0.05) is 40.0 Å². The number of alkyl halides is 3. The predicted octanol–water partition coefficient (Wildman–Crippen LogP) is 7.75. The first-order chi connectivity index (χ1) is 18.6. The maximum Gasteiger partial charge on any atom is 0.475 e. The fraction of sp³-hybridized carbons (Fsp3) is 0.348. The summed E-state index contributed by atoms with van der Waals surface area (Å²) < 4.78 is 80.0. The van der Waals surface area contributed by atoms with Gasteiger partial charge in [0.05, 0.1) is 32.8 Å². The van der Waals surface area contributed by atoms with Gasteiger partial charge in [0.15, 0.2) is 5.65 Å². The van der Waals surface area contributed by atoms with E-state index in [4.69, 9.17) is 57.6 Å². The molecule has 3 aromatic heterocycles. The third-order valence-electron chi connectivity index (χ3n) is 5.25. The van der Waals surface area contributed by atoms with E-state index in [1.165, 1.54) is 18.3 Å². The van der Waals surface area contributed by atoms with Crippen LogP contribution >= 0.6 is 42.6 Å². The first-order valence-corrected chi connectivity index (χ1v) is 14.1. The second-order valence-electron chi connectivity index (χ2n) is 9.60. The summed E-state index contributed by atoms with van der Waals surface area (Å²) in [7, 11) is -3.71. The van der Waals surface area contributed by atoms with Crippen LogP contribution in [0.15, 0.2) is 35.1 Å². The molecule has 0 saturated carbocycles. The Kier molecular flexibility index (Phi) is 7.62. The fourth-order valence-corrected chi connectivity index (χ4v) is 6.00. The van der Waals surface area contributed by atoms with E-state index in [1.54, 1.807) is 20.8 Å². The number of nitrogens with zero attached hydrogens (tertiary/aromatic N) is 4. The average molecular weight is 642 g/mol. The van der Waals surface area contributed by atoms with Crippen LogP contribution in [0.3, 0.4) is 0 Å². The standard InChI is InChI=1S/C23H19Cl3F3N4O6P/c1-22(2,3)39-40(34)36-10-12(38-40)9-35-18-6-14(24)13(5-15(18)25)19-31-21(37-32-19)17-8-33-7-11(23(27,28)29)4-16(26)20(33)30-17/h4-8,12H,9-10H2,1-3H3/t12-,40?/m1/s1. The van der Waals surface area contributed by atoms with Crippen molar-refractivity contribution in [1.82, 2.24) is 19.5 Å². The smallest absolute Gasteiger partial charge is 0.475 e. The van der Waals surface area contributed by atoms with E-state index in [1.807, 2.05) is 0 Å². The number of halogens is 6. The highest BCUT2D eigenvalue weighted by atomic mass is 35.5. The van der Waals surface area contributed by atoms with Crippen molar-refractivity contribution < 1.29 is 40.6 Å². The summed E-state index contributed by atoms with van der Waals surface area (Å²) in [6.45, 7) is 5.11. The number of ether oxygens (including phenoxy) is 1. The number of aromatic nitrogens is 4. The minimum Gasteiger partial charge on any atom is -0.489 e. The molecule has 1 fully saturated rings. The molecule has 1 aliphatic rings. The molecule has 0 spiro atoms. The minimum absolute atomic E-state index is 0.00574. The van der Waals surface area contributed by atoms with Gasteiger partial charge in [-0.2, -0.15) is 18.2 Å². The Morgan fingerprint density at radius 1 is 1.07 bits per heavy atom. The Morgan fingerprint density at radius 3 is 2.52 bits per heavy atom. The van der Waals surface area contributed by atoms with Crippen molar-refractivity contribution in [3.63, 3.8) is 0 Å². The Hall–Kier alpha value is -2.38. The number of rotatable bonds is 6. The monoisotopic (exact) mass is 640 g/mol. The lowest BCUT2D eigenvalue weighted by atomic mass is 10.2. The molecule has 1 aromatic carbocycles. The minimum atomic E-state index is -4.59. The zero-order valence-electron chi connectivity index (χ0n) is 20.8. The lowest BCUT2D eigenvalue weighted by Crippen LogP contribution is -2.20. The number of benzene rings is 1. The van der Waals surface area contributed by atoms with Crippen LogP contribution in [0.2, 0.25) is 15.1 Å². The van der Waals surface area contributed by atoms with Crippen LogP contribution in [-0.4, -0.2) is 44.4 Å². The molecule has 40 heavy (non-hydrogen) atoms. The molecule has 0 radical (unpaired) electrons. The van der Waals surface area contributed by atoms with Crippen LogP contribution in [0.1, 0.15) is 26.3 Å². The number of pyridine rings is 1. The van der Waals surface area contributed by atoms with Crippen LogP contribution < -0.4 is 4.74 Å². The lowest BCUT2D eigenvalue weighted by Gasteiger charge is -2.22. The summed E-state index contributed by atoms with van der Waals surface area (Å²) >= 11 is 18.8. The topological polar surface area (TPSA) is 110 Å². The molecule has 4 heterocycles. The van der Waals surface area contributed by atoms with Gasteiger partial charge in [-0.3, -0.25) is 13.6 Å². The van der Waals surface area contributed by atoms with Crippen LogP contribution in [0.25, 0.3) is 28.6 Å². The van der Waals surface area contributed by atoms with Gasteiger partial charge in [0.1, 0.15) is 24.2 Å². The molecule has 17 heteroatoms. The molecule has 214 valence electrons. The molecule has 0 aliphatic carbocycles. The highest BCUT2D eigenvalue weighted by Crippen LogP contribution is 2.57. The van der Waals surface area contributed by atoms with E-state index in [-0.39, 0.29) is 57.1 Å². The molecule has 1 aliphatic heterocycles. The molecule has 5 rings (SSSR count). The van der Waals surface area contributed by atoms with E-state index in [0.717, 1.165) is 16.7 Å². The SMILES string of the molecule is CC(C)(C)OP1(=O)OC[C@@H](COc2cc(Cl)c(-c3noc(-c4cn5cc(C(F)(F)F)cc(Cl)c5n4)n3)cc2Cl)O1. The molecular weight excluding hydrogens is 623 g/mol. The van der Waals surface area contributed by atoms with E-state index < -0.39 is 31.3 Å². The highest BCUT2D eigenvalue weighted by Gasteiger charge is 2.42. The van der Waals surface area contributed by atoms with Crippen LogP contribution in [-0.2, 0) is 24.3 Å². The van der Waals surface area contributed by atoms with Crippen molar-refractivity contribution in [3.8, 4) is 28.7 Å². The van der Waals surface area contributed by atoms with Crippen molar-refractivity contribution >= 4 is 48.3 Å². The van der Waals surface area contributed by atoms with Crippen LogP contribution in [0.4, 0.5) is 13.2 Å². The van der Waals surface area contributed by atoms with Gasteiger partial charge in [-0.05, 0) is 32.9 Å². The van der Waals surface area contributed by atoms with Gasteiger partial charge in [0.2, 0.25) is 5.82 Å². The normalized spacial score (nSPS) is 20.0. The Bertz CT molecular complexity index is 1640. The summed E-state index contributed by atoms with van der Waals surface area (Å²) in [5.74, 6) is 0.160. The van der Waals surface area contributed by atoms with Gasteiger partial charge in [0, 0.05) is 24.0 Å². The fourth-order valence-electron chi connectivity index (χ4n) is 3.62. The second-order valence-corrected chi connectivity index (χ2v) is 12.4. The summed E-state index contributed by atoms with van der Waals surface area (Å²) in [5, 5.41) is 3.99. The van der Waals surface area contributed by atoms with Crippen molar-refractivity contribution in [3.05, 3.63) is 51.2 Å². The molecule has 10 nitrogen and oxygen atoms in total. The predicted molar refractivity (Wildman–Crippen MR) is 139 cm³/mol. The number of imidazole rings is 1. The van der Waals surface area contributed by atoms with Crippen molar-refractivity contribution in [2.24, 2.45) is 0 Å². The number of hydrogen-bond donors (Lipinski definition) is 0. The molecule has 0 bridgehead atoms. The quantitative estimate of drug-likeness (QED) is 0.195. The van der Waals surface area contributed by atoms with Gasteiger partial charge >= 0.3 is 14.0 Å². The molecule has 0 N–H and O–H groups in total. The largest absolute Gasteiger partial charge is 0.489 e. The highest BCUT2D eigenvalue weighted by molar-refractivity contribution is 7.48. The van der Waals surface area contributed by atoms with E-state index >= 15 is 0 Å². The first-order valence-electron chi connectivity index (χ1n) is 11.5. The Morgan fingerprint density at radius 2 is 1.82 bits per heavy atom. The van der Waals surface area contributed by atoms with E-state index in [2.05, 4.69) is 15.1 Å². The van der Waals surface area contributed by atoms with Crippen LogP contribution in [0.5, 0.6) is 5.75 Å². The molecule has 2 atom stereocenters. The van der Waals surface area contributed by atoms with Gasteiger partial charge in [-0.25, -0.2) is 9.55 Å². The maximum absolute atomic E-state index is 13.1. The molecular formula is C23H19Cl3F3N4O6P. The summed E-state index contributed by atoms with van der Waals surface area (Å²) in [6.07, 6.45) is -3.14. The van der Waals surface area contributed by atoms with Crippen molar-refractivity contribution in [2.45, 2.75) is 38.7 Å². The first kappa shape index (κ1) is 29.1. The molecule has 0 amide bonds. The number of hydrogen-bond acceptors (Lipinski definition) is 9. The van der Waals surface area contributed by atoms with Gasteiger partial charge in [-0.15, -0.1) is 0 Å². The molecule has 1 saturated heterocycles. The number of phosphoric acid groups is 1. The van der Waals surface area contributed by atoms with Crippen molar-refractivity contribution in [2.75, 3.05) is 13.2 Å². The second kappa shape index (κ2) is 10.5. The lowest BCUT2D eigenvalue weighted by molar-refractivity contribution is -0.137. The number of fused-ring (bicyclic) bond motifs is 1. The zero-order valence-corrected chi connectivity index (χ0v) is 24.0. The van der Waals surface area contributed by atoms with Gasteiger partial charge in [0.25, 0.3) is 5.89 Å². The average Bonchev–Trinajstić information content (AvgIpc) is 3.56. The zero-order chi connectivity index (χ0) is 29.0. The summed E-state index contributed by atoms with van der Waals surface area (Å²) in [4.78, 5) is 8.44. The Balaban J connectivity index is 1.32. The maximum atomic E-state index is 13.1.